The number of aliphatic hydroxyl groups is 2. The highest BCUT2D eigenvalue weighted by Gasteiger charge is 2.08. The second-order valence-corrected chi connectivity index (χ2v) is 2.29. The Balaban J connectivity index is 3.52. The molecule has 1 amide bonds. The van der Waals surface area contributed by atoms with E-state index in [4.69, 9.17) is 10.2 Å². The summed E-state index contributed by atoms with van der Waals surface area (Å²) in [6.07, 6.45) is 0.0370. The number of rotatable bonds is 5. The van der Waals surface area contributed by atoms with E-state index in [-0.39, 0.29) is 25.9 Å². The van der Waals surface area contributed by atoms with Crippen molar-refractivity contribution in [2.75, 3.05) is 19.8 Å². The lowest BCUT2D eigenvalue weighted by atomic mass is 10.2. The molecule has 0 bridgehead atoms. The summed E-state index contributed by atoms with van der Waals surface area (Å²) in [6, 6.07) is -0.267. The maximum absolute atomic E-state index is 10.8. The minimum absolute atomic E-state index is 0.0201. The number of amides is 1. The summed E-state index contributed by atoms with van der Waals surface area (Å²) in [5.41, 5.74) is 0. The zero-order valence-corrected chi connectivity index (χ0v) is 7.12. The van der Waals surface area contributed by atoms with Crippen LogP contribution in [-0.2, 0) is 4.74 Å². The smallest absolute Gasteiger partial charge is 0.407 e. The van der Waals surface area contributed by atoms with Crippen LogP contribution in [0.4, 0.5) is 4.79 Å². The molecular weight excluding hydrogens is 162 g/mol. The van der Waals surface area contributed by atoms with Crippen LogP contribution in [-0.4, -0.2) is 42.2 Å². The van der Waals surface area contributed by atoms with Gasteiger partial charge in [-0.1, -0.05) is 6.92 Å². The largest absolute Gasteiger partial charge is 0.447 e. The van der Waals surface area contributed by atoms with Crippen LogP contribution < -0.4 is 5.32 Å². The molecule has 0 aliphatic carbocycles. The van der Waals surface area contributed by atoms with E-state index in [1.54, 1.807) is 0 Å². The van der Waals surface area contributed by atoms with Crippen LogP contribution in [0, 0.1) is 0 Å². The van der Waals surface area contributed by atoms with Gasteiger partial charge >= 0.3 is 6.09 Å². The Bertz CT molecular complexity index is 125. The quantitative estimate of drug-likeness (QED) is 0.527. The molecule has 0 unspecified atom stereocenters. The van der Waals surface area contributed by atoms with Crippen molar-refractivity contribution in [2.45, 2.75) is 19.4 Å². The molecule has 0 rings (SSSR count). The van der Waals surface area contributed by atoms with Crippen LogP contribution in [0.2, 0.25) is 0 Å². The van der Waals surface area contributed by atoms with E-state index in [9.17, 15) is 4.79 Å². The van der Waals surface area contributed by atoms with E-state index in [2.05, 4.69) is 10.1 Å². The van der Waals surface area contributed by atoms with E-state index < -0.39 is 6.09 Å². The van der Waals surface area contributed by atoms with Crippen molar-refractivity contribution in [1.82, 2.24) is 5.32 Å². The molecule has 1 atom stereocenters. The summed E-state index contributed by atoms with van der Waals surface area (Å²) in [6.45, 7) is 1.52. The van der Waals surface area contributed by atoms with Crippen LogP contribution in [0.25, 0.3) is 0 Å². The first-order valence-corrected chi connectivity index (χ1v) is 3.89. The third kappa shape index (κ3) is 4.92. The van der Waals surface area contributed by atoms with Gasteiger partial charge in [-0.3, -0.25) is 0 Å². The monoisotopic (exact) mass is 177 g/mol. The van der Waals surface area contributed by atoms with E-state index in [1.165, 1.54) is 0 Å². The maximum atomic E-state index is 10.8. The number of alkyl carbamates (subject to hydrolysis) is 1. The lowest BCUT2D eigenvalue weighted by molar-refractivity contribution is 0.111. The van der Waals surface area contributed by atoms with Crippen LogP contribution in [0.1, 0.15) is 13.3 Å². The summed E-state index contributed by atoms with van der Waals surface area (Å²) in [4.78, 5) is 10.8. The molecule has 0 heterocycles. The third-order valence-electron chi connectivity index (χ3n) is 1.36. The molecule has 0 aliphatic heterocycles. The number of hydrogen-bond donors (Lipinski definition) is 3. The second kappa shape index (κ2) is 6.87. The van der Waals surface area contributed by atoms with Crippen molar-refractivity contribution in [3.8, 4) is 0 Å². The van der Waals surface area contributed by atoms with Crippen molar-refractivity contribution in [1.29, 1.82) is 0 Å². The third-order valence-corrected chi connectivity index (χ3v) is 1.36. The fourth-order valence-corrected chi connectivity index (χ4v) is 0.623. The molecule has 12 heavy (non-hydrogen) atoms. The molecule has 0 aromatic heterocycles. The average molecular weight is 177 g/mol. The summed E-state index contributed by atoms with van der Waals surface area (Å²) in [5, 5.41) is 19.4. The van der Waals surface area contributed by atoms with Gasteiger partial charge in [-0.25, -0.2) is 4.79 Å². The number of aliphatic hydroxyl groups excluding tert-OH is 2. The fourth-order valence-electron chi connectivity index (χ4n) is 0.623. The van der Waals surface area contributed by atoms with Crippen molar-refractivity contribution in [3.05, 3.63) is 0 Å². The lowest BCUT2D eigenvalue weighted by Crippen LogP contribution is -2.37. The van der Waals surface area contributed by atoms with Crippen LogP contribution in [0.5, 0.6) is 0 Å². The summed E-state index contributed by atoms with van der Waals surface area (Å²) in [5.74, 6) is 0. The fraction of sp³-hybridized carbons (Fsp3) is 0.857. The van der Waals surface area contributed by atoms with Crippen LogP contribution in [0.3, 0.4) is 0 Å². The van der Waals surface area contributed by atoms with E-state index in [0.717, 1.165) is 0 Å². The maximum Gasteiger partial charge on any atom is 0.407 e. The average Bonchev–Trinajstić information content (AvgIpc) is 2.10. The Labute approximate surface area is 71.3 Å². The highest BCUT2D eigenvalue weighted by Crippen LogP contribution is 1.89. The van der Waals surface area contributed by atoms with Gasteiger partial charge in [-0.2, -0.15) is 0 Å². The molecule has 0 aromatic rings. The zero-order valence-electron chi connectivity index (χ0n) is 7.12. The normalized spacial score (nSPS) is 12.2. The summed E-state index contributed by atoms with van der Waals surface area (Å²) < 4.78 is 4.51. The van der Waals surface area contributed by atoms with E-state index in [0.29, 0.717) is 6.42 Å². The molecule has 5 nitrogen and oxygen atoms in total. The van der Waals surface area contributed by atoms with Crippen molar-refractivity contribution >= 4 is 6.09 Å². The van der Waals surface area contributed by atoms with Gasteiger partial charge in [0, 0.05) is 0 Å². The molecule has 0 saturated carbocycles. The van der Waals surface area contributed by atoms with E-state index in [1.807, 2.05) is 6.92 Å². The first kappa shape index (κ1) is 11.2. The first-order valence-electron chi connectivity index (χ1n) is 3.89. The number of nitrogens with one attached hydrogen (secondary N) is 1. The Morgan fingerprint density at radius 2 is 2.25 bits per heavy atom. The Hall–Kier alpha value is -0.810. The molecule has 5 heteroatoms. The highest BCUT2D eigenvalue weighted by molar-refractivity contribution is 5.67. The lowest BCUT2D eigenvalue weighted by Gasteiger charge is -2.13. The van der Waals surface area contributed by atoms with Crippen molar-refractivity contribution < 1.29 is 19.7 Å². The van der Waals surface area contributed by atoms with Crippen LogP contribution in [0.15, 0.2) is 0 Å². The van der Waals surface area contributed by atoms with Crippen LogP contribution >= 0.6 is 0 Å². The topological polar surface area (TPSA) is 78.8 Å². The molecule has 3 N–H and O–H groups in total. The molecular formula is C7H15NO4. The Kier molecular flexibility index (Phi) is 6.41. The highest BCUT2D eigenvalue weighted by atomic mass is 16.6. The molecule has 0 aliphatic rings. The molecule has 0 saturated heterocycles. The minimum Gasteiger partial charge on any atom is -0.447 e. The molecule has 0 spiro atoms. The standard InChI is InChI=1S/C7H15NO4/c1-2-6(5-10)8-7(11)12-4-3-9/h6,9-10H,2-5H2,1H3,(H,8,11)/t6-/m0/s1. The van der Waals surface area contributed by atoms with Gasteiger partial charge in [-0.05, 0) is 6.42 Å². The van der Waals surface area contributed by atoms with Gasteiger partial charge in [-0.15, -0.1) is 0 Å². The number of ether oxygens (including phenoxy) is 1. The van der Waals surface area contributed by atoms with Gasteiger partial charge in [0.15, 0.2) is 0 Å². The number of carbonyl (C=O) groups excluding carboxylic acids is 1. The van der Waals surface area contributed by atoms with Gasteiger partial charge in [0.1, 0.15) is 6.61 Å². The minimum atomic E-state index is -0.607. The predicted octanol–water partition coefficient (Wildman–Crippen LogP) is -0.524. The Morgan fingerprint density at radius 3 is 2.67 bits per heavy atom. The van der Waals surface area contributed by atoms with Gasteiger partial charge < -0.3 is 20.3 Å². The van der Waals surface area contributed by atoms with E-state index >= 15 is 0 Å². The van der Waals surface area contributed by atoms with Crippen molar-refractivity contribution in [2.24, 2.45) is 0 Å². The van der Waals surface area contributed by atoms with Gasteiger partial charge in [0.25, 0.3) is 0 Å². The number of carbonyl (C=O) groups is 1. The molecule has 0 aromatic carbocycles. The molecule has 72 valence electrons. The number of hydrogen-bond acceptors (Lipinski definition) is 4. The second-order valence-electron chi connectivity index (χ2n) is 2.29. The Morgan fingerprint density at radius 1 is 1.58 bits per heavy atom. The summed E-state index contributed by atoms with van der Waals surface area (Å²) in [7, 11) is 0. The van der Waals surface area contributed by atoms with Crippen molar-refractivity contribution in [3.63, 3.8) is 0 Å². The molecule has 0 radical (unpaired) electrons. The SMILES string of the molecule is CC[C@@H](CO)NC(=O)OCCO. The van der Waals surface area contributed by atoms with Gasteiger partial charge in [0.05, 0.1) is 19.3 Å². The zero-order chi connectivity index (χ0) is 9.40. The predicted molar refractivity (Wildman–Crippen MR) is 42.7 cm³/mol. The first-order chi connectivity index (χ1) is 5.74. The van der Waals surface area contributed by atoms with Gasteiger partial charge in [0.2, 0.25) is 0 Å². The molecule has 0 fully saturated rings. The summed E-state index contributed by atoms with van der Waals surface area (Å²) >= 11 is 0.